The summed E-state index contributed by atoms with van der Waals surface area (Å²) < 4.78 is 0. The number of amides is 1. The van der Waals surface area contributed by atoms with Gasteiger partial charge in [0.25, 0.3) is 0 Å². The van der Waals surface area contributed by atoms with Crippen LogP contribution in [0, 0.1) is 0 Å². The largest absolute Gasteiger partial charge is 0.339 e. The Balaban J connectivity index is 2.43. The second kappa shape index (κ2) is 6.38. The van der Waals surface area contributed by atoms with Gasteiger partial charge in [0.15, 0.2) is 0 Å². The van der Waals surface area contributed by atoms with E-state index in [9.17, 15) is 4.79 Å². The van der Waals surface area contributed by atoms with Crippen molar-refractivity contribution in [1.82, 2.24) is 4.90 Å². The van der Waals surface area contributed by atoms with E-state index in [1.807, 2.05) is 11.2 Å². The van der Waals surface area contributed by atoms with Gasteiger partial charge >= 0.3 is 0 Å². The second-order valence-electron chi connectivity index (χ2n) is 4.26. The van der Waals surface area contributed by atoms with Crippen molar-refractivity contribution < 1.29 is 4.79 Å². The number of nitrogens with zero attached hydrogens (tertiary/aromatic N) is 1. The van der Waals surface area contributed by atoms with E-state index in [1.54, 1.807) is 11.8 Å². The van der Waals surface area contributed by atoms with E-state index in [0.717, 1.165) is 31.6 Å². The molecular formula is C11H22N2OS. The summed E-state index contributed by atoms with van der Waals surface area (Å²) >= 11 is 1.74. The van der Waals surface area contributed by atoms with Crippen LogP contribution >= 0.6 is 11.8 Å². The fourth-order valence-electron chi connectivity index (χ4n) is 2.01. The highest BCUT2D eigenvalue weighted by Gasteiger charge is 2.26. The van der Waals surface area contributed by atoms with Crippen molar-refractivity contribution in [2.45, 2.75) is 44.7 Å². The average Bonchev–Trinajstić information content (AvgIpc) is 2.25. The third-order valence-corrected chi connectivity index (χ3v) is 3.68. The summed E-state index contributed by atoms with van der Waals surface area (Å²) in [6.45, 7) is 3.02. The van der Waals surface area contributed by atoms with Crippen LogP contribution in [0.2, 0.25) is 0 Å². The van der Waals surface area contributed by atoms with Gasteiger partial charge in [-0.1, -0.05) is 0 Å². The number of carbonyl (C=O) groups excluding carboxylic acids is 1. The molecule has 0 spiro atoms. The maximum absolute atomic E-state index is 12.0. The molecule has 0 radical (unpaired) electrons. The first kappa shape index (κ1) is 12.8. The predicted molar refractivity (Wildman–Crippen MR) is 66.0 cm³/mol. The van der Waals surface area contributed by atoms with Crippen molar-refractivity contribution in [2.75, 3.05) is 18.6 Å². The number of rotatable bonds is 4. The van der Waals surface area contributed by atoms with E-state index < -0.39 is 0 Å². The van der Waals surface area contributed by atoms with Crippen molar-refractivity contribution in [3.05, 3.63) is 0 Å². The molecular weight excluding hydrogens is 208 g/mol. The Morgan fingerprint density at radius 1 is 1.60 bits per heavy atom. The van der Waals surface area contributed by atoms with Gasteiger partial charge in [0.05, 0.1) is 6.04 Å². The lowest BCUT2D eigenvalue weighted by molar-refractivity contribution is -0.135. The van der Waals surface area contributed by atoms with E-state index >= 15 is 0 Å². The molecule has 88 valence electrons. The minimum atomic E-state index is -0.294. The van der Waals surface area contributed by atoms with Crippen molar-refractivity contribution >= 4 is 17.7 Å². The van der Waals surface area contributed by atoms with Gasteiger partial charge in [0, 0.05) is 12.6 Å². The molecule has 1 heterocycles. The Kier molecular flexibility index (Phi) is 5.47. The minimum Gasteiger partial charge on any atom is -0.339 e. The molecule has 1 saturated heterocycles. The average molecular weight is 230 g/mol. The molecule has 3 nitrogen and oxygen atoms in total. The molecule has 1 unspecified atom stereocenters. The molecule has 0 aromatic rings. The van der Waals surface area contributed by atoms with Crippen LogP contribution in [0.1, 0.15) is 32.6 Å². The highest BCUT2D eigenvalue weighted by atomic mass is 32.2. The van der Waals surface area contributed by atoms with Gasteiger partial charge in [-0.2, -0.15) is 11.8 Å². The number of hydrogen-bond donors (Lipinski definition) is 1. The first-order valence-corrected chi connectivity index (χ1v) is 7.11. The van der Waals surface area contributed by atoms with Crippen LogP contribution in [0.3, 0.4) is 0 Å². The molecule has 1 aliphatic rings. The van der Waals surface area contributed by atoms with E-state index in [4.69, 9.17) is 5.73 Å². The zero-order valence-corrected chi connectivity index (χ0v) is 10.6. The Morgan fingerprint density at radius 3 is 2.93 bits per heavy atom. The molecule has 1 rings (SSSR count). The van der Waals surface area contributed by atoms with E-state index in [2.05, 4.69) is 6.92 Å². The van der Waals surface area contributed by atoms with Crippen molar-refractivity contribution in [1.29, 1.82) is 0 Å². The zero-order chi connectivity index (χ0) is 11.3. The molecule has 0 saturated carbocycles. The van der Waals surface area contributed by atoms with E-state index in [-0.39, 0.29) is 11.9 Å². The SMILES string of the molecule is CSCC[C@H](N)C(=O)N1CCCCC1C. The summed E-state index contributed by atoms with van der Waals surface area (Å²) in [4.78, 5) is 14.0. The first-order chi connectivity index (χ1) is 7.16. The summed E-state index contributed by atoms with van der Waals surface area (Å²) in [5.74, 6) is 1.12. The predicted octanol–water partition coefficient (Wildman–Crippen LogP) is 1.47. The molecule has 0 aromatic carbocycles. The minimum absolute atomic E-state index is 0.149. The summed E-state index contributed by atoms with van der Waals surface area (Å²) in [6, 6.07) is 0.0876. The Morgan fingerprint density at radius 2 is 2.33 bits per heavy atom. The van der Waals surface area contributed by atoms with Crippen LogP contribution in [0.5, 0.6) is 0 Å². The number of nitrogens with two attached hydrogens (primary N) is 1. The summed E-state index contributed by atoms with van der Waals surface area (Å²) in [5, 5.41) is 0. The van der Waals surface area contributed by atoms with Gasteiger partial charge in [0.1, 0.15) is 0 Å². The lowest BCUT2D eigenvalue weighted by Crippen LogP contribution is -2.49. The Labute approximate surface area is 96.8 Å². The summed E-state index contributed by atoms with van der Waals surface area (Å²) in [5.41, 5.74) is 5.89. The lowest BCUT2D eigenvalue weighted by atomic mass is 10.0. The summed E-state index contributed by atoms with van der Waals surface area (Å²) in [6.07, 6.45) is 6.33. The van der Waals surface area contributed by atoms with Crippen LogP contribution in [0.4, 0.5) is 0 Å². The van der Waals surface area contributed by atoms with Crippen LogP contribution in [0.15, 0.2) is 0 Å². The van der Waals surface area contributed by atoms with Crippen LogP contribution < -0.4 is 5.73 Å². The van der Waals surface area contributed by atoms with Crippen molar-refractivity contribution in [2.24, 2.45) is 5.73 Å². The first-order valence-electron chi connectivity index (χ1n) is 5.71. The number of thioether (sulfide) groups is 1. The van der Waals surface area contributed by atoms with Crippen molar-refractivity contribution in [3.63, 3.8) is 0 Å². The molecule has 2 atom stereocenters. The maximum Gasteiger partial charge on any atom is 0.239 e. The van der Waals surface area contributed by atoms with Crippen LogP contribution in [0.25, 0.3) is 0 Å². The zero-order valence-electron chi connectivity index (χ0n) is 9.74. The van der Waals surface area contributed by atoms with Gasteiger partial charge in [-0.15, -0.1) is 0 Å². The molecule has 0 aromatic heterocycles. The van der Waals surface area contributed by atoms with E-state index in [0.29, 0.717) is 6.04 Å². The standard InChI is InChI=1S/C11H22N2OS/c1-9-5-3-4-7-13(9)11(14)10(12)6-8-15-2/h9-10H,3-8,12H2,1-2H3/t9?,10-/m0/s1. The smallest absolute Gasteiger partial charge is 0.239 e. The third kappa shape index (κ3) is 3.68. The van der Waals surface area contributed by atoms with Gasteiger partial charge in [0.2, 0.25) is 5.91 Å². The molecule has 15 heavy (non-hydrogen) atoms. The summed E-state index contributed by atoms with van der Waals surface area (Å²) in [7, 11) is 0. The second-order valence-corrected chi connectivity index (χ2v) is 5.25. The van der Waals surface area contributed by atoms with Gasteiger partial charge in [-0.05, 0) is 44.6 Å². The van der Waals surface area contributed by atoms with Gasteiger partial charge in [-0.25, -0.2) is 0 Å². The highest BCUT2D eigenvalue weighted by Crippen LogP contribution is 2.17. The van der Waals surface area contributed by atoms with Gasteiger partial charge in [-0.3, -0.25) is 4.79 Å². The van der Waals surface area contributed by atoms with Gasteiger partial charge < -0.3 is 10.6 Å². The number of likely N-dealkylation sites (tertiary alicyclic amines) is 1. The quantitative estimate of drug-likeness (QED) is 0.795. The maximum atomic E-state index is 12.0. The normalized spacial score (nSPS) is 23.9. The fraction of sp³-hybridized carbons (Fsp3) is 0.909. The molecule has 2 N–H and O–H groups in total. The lowest BCUT2D eigenvalue weighted by Gasteiger charge is -2.35. The van der Waals surface area contributed by atoms with Crippen LogP contribution in [-0.2, 0) is 4.79 Å². The molecule has 0 bridgehead atoms. The molecule has 1 fully saturated rings. The molecule has 0 aliphatic carbocycles. The fourth-order valence-corrected chi connectivity index (χ4v) is 2.50. The third-order valence-electron chi connectivity index (χ3n) is 3.04. The highest BCUT2D eigenvalue weighted by molar-refractivity contribution is 7.98. The Hall–Kier alpha value is -0.220. The van der Waals surface area contributed by atoms with Crippen molar-refractivity contribution in [3.8, 4) is 0 Å². The molecule has 4 heteroatoms. The molecule has 1 aliphatic heterocycles. The monoisotopic (exact) mass is 230 g/mol. The number of piperidine rings is 1. The number of carbonyl (C=O) groups is 1. The Bertz CT molecular complexity index is 211. The molecule has 1 amide bonds. The van der Waals surface area contributed by atoms with E-state index in [1.165, 1.54) is 6.42 Å². The topological polar surface area (TPSA) is 46.3 Å². The number of hydrogen-bond acceptors (Lipinski definition) is 3. The van der Waals surface area contributed by atoms with Crippen LogP contribution in [-0.4, -0.2) is 41.4 Å².